The molecule has 7 amide bonds. The van der Waals surface area contributed by atoms with E-state index in [0.29, 0.717) is 29.5 Å². The van der Waals surface area contributed by atoms with Crippen molar-refractivity contribution >= 4 is 58.9 Å². The van der Waals surface area contributed by atoms with E-state index >= 15 is 0 Å². The van der Waals surface area contributed by atoms with Crippen LogP contribution in [-0.4, -0.2) is 100 Å². The molecule has 2 aromatic carbocycles. The Morgan fingerprint density at radius 3 is 2.12 bits per heavy atom. The molecule has 4 atom stereocenters. The zero-order chi connectivity index (χ0) is 38.2. The lowest BCUT2D eigenvalue weighted by molar-refractivity contribution is -0.146. The molecule has 0 saturated carbocycles. The molecule has 0 aliphatic carbocycles. The molecule has 1 aliphatic rings. The van der Waals surface area contributed by atoms with Crippen LogP contribution in [-0.2, 0) is 35.2 Å². The molecule has 2 aromatic rings. The van der Waals surface area contributed by atoms with Crippen molar-refractivity contribution in [3.8, 4) is 0 Å². The Morgan fingerprint density at radius 1 is 0.827 bits per heavy atom. The van der Waals surface area contributed by atoms with E-state index in [9.17, 15) is 43.5 Å². The highest BCUT2D eigenvalue weighted by atomic mass is 35.5. The number of hydrogen-bond acceptors (Lipinski definition) is 8. The van der Waals surface area contributed by atoms with Crippen LogP contribution in [0.1, 0.15) is 66.4 Å². The van der Waals surface area contributed by atoms with Crippen LogP contribution in [0.5, 0.6) is 0 Å². The van der Waals surface area contributed by atoms with Gasteiger partial charge in [0.05, 0.1) is 0 Å². The molecule has 0 radical (unpaired) electrons. The lowest BCUT2D eigenvalue weighted by Crippen LogP contribution is -2.60. The maximum absolute atomic E-state index is 13.9. The number of halogens is 1. The van der Waals surface area contributed by atoms with Crippen LogP contribution in [0.25, 0.3) is 0 Å². The fraction of sp³-hybridized carbons (Fsp3) is 0.429. The van der Waals surface area contributed by atoms with Gasteiger partial charge < -0.3 is 42.7 Å². The van der Waals surface area contributed by atoms with Gasteiger partial charge in [-0.15, -0.1) is 11.6 Å². The summed E-state index contributed by atoms with van der Waals surface area (Å²) < 4.78 is 0. The van der Waals surface area contributed by atoms with Gasteiger partial charge in [0.2, 0.25) is 29.5 Å². The maximum atomic E-state index is 13.9. The third-order valence-electron chi connectivity index (χ3n) is 8.44. The number of carboxylic acid groups (broad SMARTS) is 1. The summed E-state index contributed by atoms with van der Waals surface area (Å²) in [6.45, 7) is 0.252. The van der Waals surface area contributed by atoms with Crippen LogP contribution in [0, 0.1) is 0 Å². The average molecular weight is 742 g/mol. The molecule has 280 valence electrons. The van der Waals surface area contributed by atoms with Gasteiger partial charge in [0.1, 0.15) is 30.0 Å². The van der Waals surface area contributed by atoms with Crippen molar-refractivity contribution in [1.29, 1.82) is 0 Å². The summed E-state index contributed by atoms with van der Waals surface area (Å²) in [4.78, 5) is 102. The number of rotatable bonds is 19. The number of urea groups is 1. The van der Waals surface area contributed by atoms with Crippen molar-refractivity contribution in [2.75, 3.05) is 19.0 Å². The number of nitrogens with zero attached hydrogens (tertiary/aromatic N) is 1. The summed E-state index contributed by atoms with van der Waals surface area (Å²) in [5.74, 6) is -5.52. The summed E-state index contributed by atoms with van der Waals surface area (Å²) in [6.07, 6.45) is 0.857. The predicted molar refractivity (Wildman–Crippen MR) is 189 cm³/mol. The molecule has 16 nitrogen and oxygen atoms in total. The Morgan fingerprint density at radius 2 is 1.50 bits per heavy atom. The van der Waals surface area contributed by atoms with E-state index < -0.39 is 78.0 Å². The monoisotopic (exact) mass is 741 g/mol. The van der Waals surface area contributed by atoms with Gasteiger partial charge in [0, 0.05) is 37.1 Å². The molecular formula is C35H44ClN7O9. The first kappa shape index (κ1) is 40.9. The summed E-state index contributed by atoms with van der Waals surface area (Å²) in [5.41, 5.74) is 12.1. The van der Waals surface area contributed by atoms with Crippen LogP contribution in [0.3, 0.4) is 0 Å². The van der Waals surface area contributed by atoms with Gasteiger partial charge in [-0.3, -0.25) is 33.6 Å². The van der Waals surface area contributed by atoms with E-state index in [4.69, 9.17) is 23.1 Å². The highest BCUT2D eigenvalue weighted by Crippen LogP contribution is 2.21. The van der Waals surface area contributed by atoms with E-state index in [1.807, 2.05) is 0 Å². The summed E-state index contributed by atoms with van der Waals surface area (Å²) in [7, 11) is 0. The third kappa shape index (κ3) is 12.7. The third-order valence-corrected chi connectivity index (χ3v) is 8.69. The molecule has 1 aliphatic heterocycles. The summed E-state index contributed by atoms with van der Waals surface area (Å²) >= 11 is 5.61. The lowest BCUT2D eigenvalue weighted by Gasteiger charge is -2.37. The minimum absolute atomic E-state index is 0.0506. The van der Waals surface area contributed by atoms with E-state index in [1.54, 1.807) is 54.6 Å². The van der Waals surface area contributed by atoms with Gasteiger partial charge in [0.15, 0.2) is 5.78 Å². The second-order valence-electron chi connectivity index (χ2n) is 12.3. The quantitative estimate of drug-likeness (QED) is 0.0594. The fourth-order valence-electron chi connectivity index (χ4n) is 5.76. The van der Waals surface area contributed by atoms with E-state index in [0.717, 1.165) is 0 Å². The molecule has 17 heteroatoms. The number of nitrogens with two attached hydrogens (primary N) is 2. The molecule has 52 heavy (non-hydrogen) atoms. The molecule has 1 saturated heterocycles. The van der Waals surface area contributed by atoms with Gasteiger partial charge in [-0.05, 0) is 44.1 Å². The zero-order valence-electron chi connectivity index (χ0n) is 28.5. The maximum Gasteiger partial charge on any atom is 0.312 e. The second kappa shape index (κ2) is 20.4. The molecule has 0 spiro atoms. The molecule has 0 aromatic heterocycles. The first-order valence-electron chi connectivity index (χ1n) is 16.8. The second-order valence-corrected chi connectivity index (χ2v) is 12.6. The number of benzene rings is 2. The topological polar surface area (TPSA) is 260 Å². The number of carbonyl (C=O) groups excluding carboxylic acids is 7. The lowest BCUT2D eigenvalue weighted by atomic mass is 9.97. The number of carboxylic acids is 1. The predicted octanol–water partition coefficient (Wildman–Crippen LogP) is 0.333. The van der Waals surface area contributed by atoms with Crippen LogP contribution >= 0.6 is 11.6 Å². The van der Waals surface area contributed by atoms with Gasteiger partial charge in [-0.25, -0.2) is 4.79 Å². The van der Waals surface area contributed by atoms with Gasteiger partial charge in [-0.2, -0.15) is 0 Å². The van der Waals surface area contributed by atoms with Gasteiger partial charge in [-0.1, -0.05) is 54.6 Å². The number of alkyl halides is 1. The molecular weight excluding hydrogens is 698 g/mol. The van der Waals surface area contributed by atoms with E-state index in [2.05, 4.69) is 21.3 Å². The molecule has 1 heterocycles. The minimum Gasteiger partial charge on any atom is -0.481 e. The highest BCUT2D eigenvalue weighted by molar-refractivity contribution is 6.27. The van der Waals surface area contributed by atoms with Crippen molar-refractivity contribution in [1.82, 2.24) is 26.2 Å². The van der Waals surface area contributed by atoms with Crippen molar-refractivity contribution in [2.24, 2.45) is 11.5 Å². The number of ketones is 1. The normalized spacial score (nSPS) is 15.6. The molecule has 0 bridgehead atoms. The number of piperidine rings is 1. The van der Waals surface area contributed by atoms with E-state index in [-0.39, 0.29) is 51.0 Å². The average Bonchev–Trinajstić information content (AvgIpc) is 3.13. The van der Waals surface area contributed by atoms with Crippen molar-refractivity contribution in [3.05, 3.63) is 71.3 Å². The largest absolute Gasteiger partial charge is 0.481 e. The van der Waals surface area contributed by atoms with Crippen LogP contribution in [0.15, 0.2) is 54.6 Å². The van der Waals surface area contributed by atoms with E-state index in [1.165, 1.54) is 4.90 Å². The van der Waals surface area contributed by atoms with Crippen molar-refractivity contribution in [2.45, 2.75) is 75.5 Å². The Balaban J connectivity index is 1.86. The summed E-state index contributed by atoms with van der Waals surface area (Å²) in [6, 6.07) is 9.55. The molecule has 4 unspecified atom stereocenters. The summed E-state index contributed by atoms with van der Waals surface area (Å²) in [5, 5.41) is 19.3. The number of carbonyl (C=O) groups is 8. The first-order chi connectivity index (χ1) is 24.8. The first-order valence-corrected chi connectivity index (χ1v) is 17.3. The highest BCUT2D eigenvalue weighted by Gasteiger charge is 2.38. The van der Waals surface area contributed by atoms with Crippen LogP contribution in [0.2, 0.25) is 0 Å². The van der Waals surface area contributed by atoms with Gasteiger partial charge >= 0.3 is 12.0 Å². The number of amides is 7. The standard InChI is InChI=1S/C35H44ClN7O9/c36-20-28(44)40-25(15-16-29(45)46)34(51)43-18-5-4-10-27(43)33(50)42-26(32(49)41-24(31(37)48)9-6-17-39-35(38)52)19-21-11-13-23(14-12-21)30(47)22-7-2-1-3-8-22/h1-3,7-8,11-14,24-27H,4-6,9-10,15-20H2,(H2,37,48)(H,40,44)(H,41,49)(H,42,50)(H,45,46)(H3,38,39,52). The Hall–Kier alpha value is -5.51. The van der Waals surface area contributed by atoms with Gasteiger partial charge in [0.25, 0.3) is 0 Å². The minimum atomic E-state index is -1.29. The number of primary amides is 2. The zero-order valence-corrected chi connectivity index (χ0v) is 29.2. The number of hydrogen-bond donors (Lipinski definition) is 7. The number of likely N-dealkylation sites (tertiary alicyclic amines) is 1. The van der Waals surface area contributed by atoms with Crippen molar-refractivity contribution in [3.63, 3.8) is 0 Å². The van der Waals surface area contributed by atoms with Crippen LogP contribution < -0.4 is 32.7 Å². The van der Waals surface area contributed by atoms with Crippen molar-refractivity contribution < 1.29 is 43.5 Å². The SMILES string of the molecule is NC(=O)NCCCC(NC(=O)C(Cc1ccc(C(=O)c2ccccc2)cc1)NC(=O)C1CCCCN1C(=O)C(CCC(=O)O)NC(=O)CCl)C(N)=O. The molecule has 9 N–H and O–H groups in total. The molecule has 3 rings (SSSR count). The Bertz CT molecular complexity index is 1610. The Kier molecular flexibility index (Phi) is 16.0. The fourth-order valence-corrected chi connectivity index (χ4v) is 5.84. The number of nitrogens with one attached hydrogen (secondary N) is 4. The number of aliphatic carboxylic acids is 1. The van der Waals surface area contributed by atoms with Crippen LogP contribution in [0.4, 0.5) is 4.79 Å². The molecule has 1 fully saturated rings. The smallest absolute Gasteiger partial charge is 0.312 e. The Labute approximate surface area is 305 Å².